The normalized spacial score (nSPS) is 32.7. The van der Waals surface area contributed by atoms with Crippen molar-refractivity contribution in [3.63, 3.8) is 0 Å². The molecule has 2 rings (SSSR count). The number of rotatable bonds is 2. The summed E-state index contributed by atoms with van der Waals surface area (Å²) < 4.78 is 3.08. The van der Waals surface area contributed by atoms with Crippen molar-refractivity contribution in [3.05, 3.63) is 18.3 Å². The van der Waals surface area contributed by atoms with Gasteiger partial charge in [0.2, 0.25) is 0 Å². The first-order valence-corrected chi connectivity index (χ1v) is 12.7. The van der Waals surface area contributed by atoms with Crippen LogP contribution in [0.25, 0.3) is 0 Å². The standard InChI is InChI=1S/C9H11ClO.ClH.In/c1-2-7(5-10)9-4-3-8(9)6-11;;/h1-2,8-9,11H,3-4,6H2;1H;/q;;+1/p-1. The van der Waals surface area contributed by atoms with Gasteiger partial charge in [0, 0.05) is 0 Å². The Morgan fingerprint density at radius 2 is 2.31 bits per heavy atom. The zero-order valence-electron chi connectivity index (χ0n) is 7.21. The van der Waals surface area contributed by atoms with E-state index in [0.29, 0.717) is 11.8 Å². The average molecular weight is 321 g/mol. The predicted molar refractivity (Wildman–Crippen MR) is 56.9 cm³/mol. The van der Waals surface area contributed by atoms with E-state index in [1.54, 1.807) is 0 Å². The van der Waals surface area contributed by atoms with Gasteiger partial charge in [-0.3, -0.25) is 0 Å². The molecule has 0 aromatic heterocycles. The Bertz CT molecular complexity index is 273. The summed E-state index contributed by atoms with van der Waals surface area (Å²) in [7, 11) is 6.14. The molecular formula is C9H11Cl2InO. The molecule has 1 aliphatic carbocycles. The Morgan fingerprint density at radius 1 is 1.54 bits per heavy atom. The zero-order valence-corrected chi connectivity index (χ0v) is 12.0. The topological polar surface area (TPSA) is 20.2 Å². The molecule has 0 bridgehead atoms. The van der Waals surface area contributed by atoms with E-state index in [2.05, 4.69) is 9.91 Å². The number of aliphatic hydroxyl groups excluding tert-OH is 1. The Labute approximate surface area is 94.5 Å². The van der Waals surface area contributed by atoms with Crippen molar-refractivity contribution >= 4 is 40.4 Å². The molecule has 2 aliphatic rings. The third-order valence-electron chi connectivity index (χ3n) is 3.01. The summed E-state index contributed by atoms with van der Waals surface area (Å²) in [6.07, 6.45) is 4.39. The molecule has 1 nitrogen and oxygen atoms in total. The molecule has 2 atom stereocenters. The van der Waals surface area contributed by atoms with Gasteiger partial charge in [0.1, 0.15) is 0 Å². The molecule has 0 amide bonds. The van der Waals surface area contributed by atoms with Gasteiger partial charge in [-0.15, -0.1) is 0 Å². The first kappa shape index (κ1) is 10.4. The summed E-state index contributed by atoms with van der Waals surface area (Å²) >= 11 is 4.08. The molecule has 1 N–H and O–H groups in total. The van der Waals surface area contributed by atoms with E-state index in [9.17, 15) is 0 Å². The fraction of sp³-hybridized carbons (Fsp3) is 0.556. The van der Waals surface area contributed by atoms with Crippen LogP contribution >= 0.6 is 20.2 Å². The van der Waals surface area contributed by atoms with E-state index in [0.717, 1.165) is 15.6 Å². The molecule has 4 heteroatoms. The Balaban J connectivity index is 2.13. The van der Waals surface area contributed by atoms with Crippen LogP contribution in [0.3, 0.4) is 0 Å². The van der Waals surface area contributed by atoms with Gasteiger partial charge in [-0.25, -0.2) is 0 Å². The third kappa shape index (κ3) is 1.83. The van der Waals surface area contributed by atoms with Gasteiger partial charge in [0.15, 0.2) is 0 Å². The maximum absolute atomic E-state index is 9.06. The van der Waals surface area contributed by atoms with Crippen molar-refractivity contribution in [2.75, 3.05) is 6.61 Å². The molecule has 0 aromatic rings. The van der Waals surface area contributed by atoms with E-state index in [1.807, 2.05) is 0 Å². The van der Waals surface area contributed by atoms with Crippen LogP contribution in [0.2, 0.25) is 0 Å². The van der Waals surface area contributed by atoms with E-state index < -0.39 is 20.3 Å². The Hall–Kier alpha value is 0.890. The number of hydrogen-bond acceptors (Lipinski definition) is 1. The molecule has 1 fully saturated rings. The minimum atomic E-state index is -2.08. The molecule has 0 saturated heterocycles. The van der Waals surface area contributed by atoms with Crippen LogP contribution < -0.4 is 0 Å². The van der Waals surface area contributed by atoms with Crippen LogP contribution in [-0.2, 0) is 0 Å². The average Bonchev–Trinajstić information content (AvgIpc) is 2.35. The molecule has 2 unspecified atom stereocenters. The number of allylic oxidation sites excluding steroid dienone is 2. The van der Waals surface area contributed by atoms with Crippen LogP contribution in [0.15, 0.2) is 18.3 Å². The molecule has 0 aromatic carbocycles. The summed E-state index contributed by atoms with van der Waals surface area (Å²) in [4.78, 5) is 0. The molecular weight excluding hydrogens is 310 g/mol. The molecule has 0 spiro atoms. The van der Waals surface area contributed by atoms with Crippen LogP contribution in [0.5, 0.6) is 0 Å². The predicted octanol–water partition coefficient (Wildman–Crippen LogP) is 2.38. The summed E-state index contributed by atoms with van der Waals surface area (Å²) in [6, 6.07) is 0. The van der Waals surface area contributed by atoms with E-state index in [-0.39, 0.29) is 6.61 Å². The SMILES string of the molecule is OCC1CCC1C1=[C](Cl)[In]([Cl])[CH]=C1. The quantitative estimate of drug-likeness (QED) is 0.828. The fourth-order valence-electron chi connectivity index (χ4n) is 2.01. The van der Waals surface area contributed by atoms with E-state index >= 15 is 0 Å². The van der Waals surface area contributed by atoms with Crippen molar-refractivity contribution in [1.29, 1.82) is 0 Å². The van der Waals surface area contributed by atoms with Crippen molar-refractivity contribution in [1.82, 2.24) is 0 Å². The van der Waals surface area contributed by atoms with Gasteiger partial charge < -0.3 is 0 Å². The van der Waals surface area contributed by atoms with Crippen LogP contribution in [0, 0.1) is 11.8 Å². The van der Waals surface area contributed by atoms with Gasteiger partial charge in [0.25, 0.3) is 0 Å². The van der Waals surface area contributed by atoms with Crippen molar-refractivity contribution in [2.45, 2.75) is 12.8 Å². The number of hydrogen-bond donors (Lipinski definition) is 1. The van der Waals surface area contributed by atoms with Gasteiger partial charge in [-0.05, 0) is 0 Å². The summed E-state index contributed by atoms with van der Waals surface area (Å²) in [6.45, 7) is 0.286. The van der Waals surface area contributed by atoms with Gasteiger partial charge in [-0.2, -0.15) is 0 Å². The number of halogens is 2. The first-order valence-electron chi connectivity index (χ1n) is 4.56. The second kappa shape index (κ2) is 4.18. The van der Waals surface area contributed by atoms with Crippen LogP contribution in [0.4, 0.5) is 0 Å². The van der Waals surface area contributed by atoms with E-state index in [1.165, 1.54) is 5.57 Å². The molecule has 1 heterocycles. The maximum atomic E-state index is 9.06. The van der Waals surface area contributed by atoms with Gasteiger partial charge in [0.05, 0.1) is 0 Å². The first-order chi connectivity index (χ1) is 6.24. The van der Waals surface area contributed by atoms with Crippen molar-refractivity contribution in [2.24, 2.45) is 11.8 Å². The van der Waals surface area contributed by atoms with Crippen LogP contribution in [0.1, 0.15) is 12.8 Å². The molecule has 0 radical (unpaired) electrons. The van der Waals surface area contributed by atoms with Crippen molar-refractivity contribution in [3.8, 4) is 0 Å². The van der Waals surface area contributed by atoms with E-state index in [4.69, 9.17) is 25.3 Å². The van der Waals surface area contributed by atoms with Gasteiger partial charge in [-0.1, -0.05) is 0 Å². The second-order valence-electron chi connectivity index (χ2n) is 3.69. The molecule has 13 heavy (non-hydrogen) atoms. The zero-order chi connectivity index (χ0) is 9.42. The monoisotopic (exact) mass is 320 g/mol. The minimum absolute atomic E-state index is 0.286. The Kier molecular flexibility index (Phi) is 3.34. The van der Waals surface area contributed by atoms with Crippen LogP contribution in [-0.4, -0.2) is 32.0 Å². The second-order valence-corrected chi connectivity index (χ2v) is 13.3. The summed E-state index contributed by atoms with van der Waals surface area (Å²) in [5.74, 6) is 0.927. The van der Waals surface area contributed by atoms with Gasteiger partial charge >= 0.3 is 95.1 Å². The summed E-state index contributed by atoms with van der Waals surface area (Å²) in [5, 5.41) is 9.06. The molecule has 1 aliphatic heterocycles. The molecule has 1 saturated carbocycles. The number of aliphatic hydroxyl groups is 1. The molecule has 70 valence electrons. The summed E-state index contributed by atoms with van der Waals surface area (Å²) in [5.41, 5.74) is 1.24. The third-order valence-corrected chi connectivity index (χ3v) is 11.8. The fourth-order valence-corrected chi connectivity index (χ4v) is 7.38. The van der Waals surface area contributed by atoms with Crippen molar-refractivity contribution < 1.29 is 5.11 Å². The Morgan fingerprint density at radius 3 is 2.69 bits per heavy atom.